The molecule has 44 heavy (non-hydrogen) atoms. The van der Waals surface area contributed by atoms with E-state index >= 15 is 0 Å². The average molecular weight is 650 g/mol. The van der Waals surface area contributed by atoms with Gasteiger partial charge in [0.2, 0.25) is 0 Å². The van der Waals surface area contributed by atoms with Crippen LogP contribution in [0.4, 0.5) is 0 Å². The fourth-order valence-corrected chi connectivity index (χ4v) is 6.06. The first-order chi connectivity index (χ1) is 21.4. The van der Waals surface area contributed by atoms with Crippen LogP contribution in [0, 0.1) is 0 Å². The molecule has 0 radical (unpaired) electrons. The molecule has 9 heteroatoms. The fraction of sp³-hybridized carbons (Fsp3) is 0.971. The highest BCUT2D eigenvalue weighted by atomic mass is 31.2. The van der Waals surface area contributed by atoms with E-state index in [4.69, 9.17) is 24.3 Å². The van der Waals surface area contributed by atoms with Gasteiger partial charge in [0.1, 0.15) is 6.10 Å². The predicted molar refractivity (Wildman–Crippen MR) is 183 cm³/mol. The van der Waals surface area contributed by atoms with Gasteiger partial charge in [0.05, 0.1) is 19.8 Å². The van der Waals surface area contributed by atoms with Crippen LogP contribution in [0.5, 0.6) is 0 Å². The smallest absolute Gasteiger partial charge is 0.457 e. The Labute approximate surface area is 271 Å². The summed E-state index contributed by atoms with van der Waals surface area (Å²) in [6, 6.07) is 0. The summed E-state index contributed by atoms with van der Waals surface area (Å²) in [7, 11) is -4.26. The van der Waals surface area contributed by atoms with E-state index in [9.17, 15) is 14.3 Å². The maximum atomic E-state index is 12.5. The number of carbonyl (C=O) groups excluding carboxylic acids is 1. The molecule has 264 valence electrons. The Hall–Kier alpha value is -0.500. The van der Waals surface area contributed by atoms with Crippen molar-refractivity contribution in [2.24, 2.45) is 5.73 Å². The van der Waals surface area contributed by atoms with Crippen molar-refractivity contribution in [1.82, 2.24) is 0 Å². The van der Waals surface area contributed by atoms with E-state index in [0.717, 1.165) is 32.1 Å². The zero-order valence-electron chi connectivity index (χ0n) is 28.9. The first-order valence-corrected chi connectivity index (χ1v) is 20.0. The van der Waals surface area contributed by atoms with Crippen LogP contribution >= 0.6 is 7.82 Å². The molecule has 3 N–H and O–H groups in total. The van der Waals surface area contributed by atoms with Gasteiger partial charge in [0, 0.05) is 19.6 Å². The molecule has 2 atom stereocenters. The minimum absolute atomic E-state index is 0.0906. The van der Waals surface area contributed by atoms with E-state index in [0.29, 0.717) is 13.0 Å². The van der Waals surface area contributed by atoms with E-state index in [2.05, 4.69) is 13.8 Å². The minimum Gasteiger partial charge on any atom is -0.457 e. The van der Waals surface area contributed by atoms with Crippen molar-refractivity contribution in [3.8, 4) is 0 Å². The summed E-state index contributed by atoms with van der Waals surface area (Å²) in [5, 5.41) is 0. The molecule has 0 aliphatic heterocycles. The first kappa shape index (κ1) is 43.5. The molecule has 0 aromatic heterocycles. The lowest BCUT2D eigenvalue weighted by atomic mass is 10.0. The van der Waals surface area contributed by atoms with Crippen LogP contribution in [-0.4, -0.2) is 49.9 Å². The summed E-state index contributed by atoms with van der Waals surface area (Å²) in [4.78, 5) is 22.3. The summed E-state index contributed by atoms with van der Waals surface area (Å²) >= 11 is 0. The summed E-state index contributed by atoms with van der Waals surface area (Å²) in [6.07, 6.45) is 31.1. The number of phosphoric acid groups is 1. The molecule has 0 amide bonds. The molecule has 0 aromatic carbocycles. The number of hydrogen-bond donors (Lipinski definition) is 2. The van der Waals surface area contributed by atoms with Gasteiger partial charge in [-0.1, -0.05) is 162 Å². The van der Waals surface area contributed by atoms with Gasteiger partial charge in [-0.05, 0) is 12.8 Å². The van der Waals surface area contributed by atoms with Crippen molar-refractivity contribution in [3.05, 3.63) is 0 Å². The van der Waals surface area contributed by atoms with Crippen LogP contribution in [0.2, 0.25) is 0 Å². The maximum Gasteiger partial charge on any atom is 0.472 e. The summed E-state index contributed by atoms with van der Waals surface area (Å²) < 4.78 is 33.2. The highest BCUT2D eigenvalue weighted by molar-refractivity contribution is 7.47. The van der Waals surface area contributed by atoms with Crippen molar-refractivity contribution in [2.45, 2.75) is 187 Å². The van der Waals surface area contributed by atoms with Crippen molar-refractivity contribution >= 4 is 13.8 Å². The topological polar surface area (TPSA) is 117 Å². The summed E-state index contributed by atoms with van der Waals surface area (Å²) in [5.41, 5.74) is 5.34. The number of rotatable bonds is 36. The first-order valence-electron chi connectivity index (χ1n) is 18.5. The zero-order chi connectivity index (χ0) is 32.4. The van der Waals surface area contributed by atoms with Crippen LogP contribution in [0.25, 0.3) is 0 Å². The molecule has 0 rings (SSSR count). The molecule has 0 bridgehead atoms. The van der Waals surface area contributed by atoms with E-state index in [1.54, 1.807) is 0 Å². The molecule has 2 unspecified atom stereocenters. The van der Waals surface area contributed by atoms with Crippen LogP contribution in [0.1, 0.15) is 181 Å². The molecule has 0 aliphatic carbocycles. The van der Waals surface area contributed by atoms with E-state index < -0.39 is 13.9 Å². The number of phosphoric ester groups is 1. The van der Waals surface area contributed by atoms with Crippen molar-refractivity contribution in [1.29, 1.82) is 0 Å². The standard InChI is InChI=1S/C35H72NO7P/c1-3-5-7-9-11-13-15-16-17-19-21-23-25-27-30-40-32-34(33-42-44(38,39)41-31-29-36)43-35(37)28-26-24-22-20-18-14-12-10-8-6-4-2/h34H,3-33,36H2,1-2H3,(H,38,39). The highest BCUT2D eigenvalue weighted by Gasteiger charge is 2.25. The minimum atomic E-state index is -4.26. The second kappa shape index (κ2) is 33.9. The molecule has 0 heterocycles. The van der Waals surface area contributed by atoms with Gasteiger partial charge >= 0.3 is 13.8 Å². The normalized spacial score (nSPS) is 13.6. The average Bonchev–Trinajstić information content (AvgIpc) is 3.01. The van der Waals surface area contributed by atoms with Gasteiger partial charge in [0.15, 0.2) is 0 Å². The SMILES string of the molecule is CCCCCCCCCCCCCCCCOCC(COP(=O)(O)OCCN)OC(=O)CCCCCCCCCCCCC. The van der Waals surface area contributed by atoms with E-state index in [1.807, 2.05) is 0 Å². The van der Waals surface area contributed by atoms with Crippen molar-refractivity contribution in [3.63, 3.8) is 0 Å². The molecule has 8 nitrogen and oxygen atoms in total. The lowest BCUT2D eigenvalue weighted by Crippen LogP contribution is -2.28. The number of ether oxygens (including phenoxy) is 2. The molecule has 0 aromatic rings. The fourth-order valence-electron chi connectivity index (χ4n) is 5.29. The second-order valence-corrected chi connectivity index (χ2v) is 13.9. The van der Waals surface area contributed by atoms with Crippen LogP contribution in [0.15, 0.2) is 0 Å². The molecule has 0 saturated carbocycles. The van der Waals surface area contributed by atoms with Crippen LogP contribution < -0.4 is 5.73 Å². The molecule has 0 saturated heterocycles. The Morgan fingerprint density at radius 3 is 1.43 bits per heavy atom. The van der Waals surface area contributed by atoms with Gasteiger partial charge in [-0.25, -0.2) is 4.57 Å². The number of unbranched alkanes of at least 4 members (excludes halogenated alkanes) is 23. The van der Waals surface area contributed by atoms with Gasteiger partial charge < -0.3 is 20.1 Å². The monoisotopic (exact) mass is 650 g/mol. The third kappa shape index (κ3) is 32.9. The third-order valence-electron chi connectivity index (χ3n) is 8.02. The largest absolute Gasteiger partial charge is 0.472 e. The summed E-state index contributed by atoms with van der Waals surface area (Å²) in [5.74, 6) is -0.328. The van der Waals surface area contributed by atoms with Gasteiger partial charge in [-0.15, -0.1) is 0 Å². The Balaban J connectivity index is 4.05. The Morgan fingerprint density at radius 1 is 0.591 bits per heavy atom. The molecule has 0 aliphatic rings. The Bertz CT molecular complexity index is 653. The Morgan fingerprint density at radius 2 is 1.00 bits per heavy atom. The predicted octanol–water partition coefficient (Wildman–Crippen LogP) is 10.2. The second-order valence-electron chi connectivity index (χ2n) is 12.5. The lowest BCUT2D eigenvalue weighted by Gasteiger charge is -2.20. The van der Waals surface area contributed by atoms with Crippen molar-refractivity contribution in [2.75, 3.05) is 33.0 Å². The third-order valence-corrected chi connectivity index (χ3v) is 9.01. The van der Waals surface area contributed by atoms with Gasteiger partial charge in [-0.3, -0.25) is 13.8 Å². The van der Waals surface area contributed by atoms with Crippen LogP contribution in [-0.2, 0) is 27.9 Å². The van der Waals surface area contributed by atoms with E-state index in [-0.39, 0.29) is 32.3 Å². The molecular weight excluding hydrogens is 577 g/mol. The lowest BCUT2D eigenvalue weighted by molar-refractivity contribution is -0.154. The van der Waals surface area contributed by atoms with Crippen molar-refractivity contribution < 1.29 is 32.8 Å². The number of carbonyl (C=O) groups is 1. The number of nitrogens with two attached hydrogens (primary N) is 1. The molecular formula is C35H72NO7P. The van der Waals surface area contributed by atoms with Gasteiger partial charge in [-0.2, -0.15) is 0 Å². The van der Waals surface area contributed by atoms with Crippen LogP contribution in [0.3, 0.4) is 0 Å². The summed E-state index contributed by atoms with van der Waals surface area (Å²) in [6.45, 7) is 4.94. The zero-order valence-corrected chi connectivity index (χ0v) is 29.8. The molecule has 0 fully saturated rings. The number of esters is 1. The number of hydrogen-bond acceptors (Lipinski definition) is 7. The van der Waals surface area contributed by atoms with Gasteiger partial charge in [0.25, 0.3) is 0 Å². The molecule has 0 spiro atoms. The maximum absolute atomic E-state index is 12.5. The Kier molecular flexibility index (Phi) is 33.5. The van der Waals surface area contributed by atoms with E-state index in [1.165, 1.54) is 128 Å². The highest BCUT2D eigenvalue weighted by Crippen LogP contribution is 2.43. The quantitative estimate of drug-likeness (QED) is 0.0391.